The van der Waals surface area contributed by atoms with E-state index in [-0.39, 0.29) is 5.82 Å². The van der Waals surface area contributed by atoms with Gasteiger partial charge in [0.25, 0.3) is 0 Å². The number of halogens is 2. The van der Waals surface area contributed by atoms with E-state index >= 15 is 0 Å². The predicted octanol–water partition coefficient (Wildman–Crippen LogP) is 4.66. The van der Waals surface area contributed by atoms with Gasteiger partial charge in [-0.05, 0) is 48.4 Å². The average Bonchev–Trinajstić information content (AvgIpc) is 2.32. The second-order valence-corrected chi connectivity index (χ2v) is 5.50. The fourth-order valence-corrected chi connectivity index (χ4v) is 2.93. The number of rotatable bonds is 3. The SMILES string of the molecule is Cc1cc(F)ccc1CSc1cc(Cl)ccc1N. The number of nitrogens with two attached hydrogens (primary N) is 1. The van der Waals surface area contributed by atoms with Crippen LogP contribution in [0.1, 0.15) is 11.1 Å². The number of benzene rings is 2. The van der Waals surface area contributed by atoms with Crippen molar-refractivity contribution >= 4 is 29.1 Å². The zero-order valence-corrected chi connectivity index (χ0v) is 11.5. The highest BCUT2D eigenvalue weighted by Crippen LogP contribution is 2.31. The molecule has 2 aromatic rings. The Labute approximate surface area is 115 Å². The van der Waals surface area contributed by atoms with Crippen LogP contribution >= 0.6 is 23.4 Å². The first-order chi connectivity index (χ1) is 8.56. The Balaban J connectivity index is 2.13. The van der Waals surface area contributed by atoms with Crippen LogP contribution in [-0.4, -0.2) is 0 Å². The van der Waals surface area contributed by atoms with Crippen molar-refractivity contribution in [1.29, 1.82) is 0 Å². The van der Waals surface area contributed by atoms with Gasteiger partial charge in [-0.25, -0.2) is 4.39 Å². The Morgan fingerprint density at radius 3 is 2.72 bits per heavy atom. The Hall–Kier alpha value is -1.19. The van der Waals surface area contributed by atoms with E-state index in [4.69, 9.17) is 17.3 Å². The number of nitrogen functional groups attached to an aromatic ring is 1. The van der Waals surface area contributed by atoms with Gasteiger partial charge in [-0.3, -0.25) is 0 Å². The molecule has 0 spiro atoms. The lowest BCUT2D eigenvalue weighted by molar-refractivity contribution is 0.626. The number of anilines is 1. The van der Waals surface area contributed by atoms with Gasteiger partial charge in [0.15, 0.2) is 0 Å². The third kappa shape index (κ3) is 3.18. The first kappa shape index (κ1) is 13.2. The minimum atomic E-state index is -0.205. The molecule has 0 unspecified atom stereocenters. The molecule has 2 N–H and O–H groups in total. The summed E-state index contributed by atoms with van der Waals surface area (Å²) in [6.45, 7) is 1.90. The van der Waals surface area contributed by atoms with E-state index in [2.05, 4.69) is 0 Å². The fourth-order valence-electron chi connectivity index (χ4n) is 1.61. The maximum absolute atomic E-state index is 13.0. The molecule has 4 heteroatoms. The summed E-state index contributed by atoms with van der Waals surface area (Å²) in [5.41, 5.74) is 8.63. The molecule has 0 amide bonds. The molecule has 0 fully saturated rings. The smallest absolute Gasteiger partial charge is 0.123 e. The molecule has 0 atom stereocenters. The minimum Gasteiger partial charge on any atom is -0.398 e. The molecule has 0 saturated carbocycles. The van der Waals surface area contributed by atoms with E-state index in [0.29, 0.717) is 10.7 Å². The van der Waals surface area contributed by atoms with Gasteiger partial charge < -0.3 is 5.73 Å². The van der Waals surface area contributed by atoms with E-state index in [9.17, 15) is 4.39 Å². The van der Waals surface area contributed by atoms with Gasteiger partial charge in [0.05, 0.1) is 0 Å². The highest BCUT2D eigenvalue weighted by Gasteiger charge is 2.04. The molecule has 18 heavy (non-hydrogen) atoms. The second-order valence-electron chi connectivity index (χ2n) is 4.04. The van der Waals surface area contributed by atoms with E-state index < -0.39 is 0 Å². The standard InChI is InChI=1S/C14H13ClFNS/c1-9-6-12(16)4-2-10(9)8-18-14-7-11(15)3-5-13(14)17/h2-7H,8,17H2,1H3. The van der Waals surface area contributed by atoms with Crippen molar-refractivity contribution in [2.45, 2.75) is 17.6 Å². The summed E-state index contributed by atoms with van der Waals surface area (Å²) >= 11 is 7.53. The third-order valence-electron chi connectivity index (χ3n) is 2.66. The number of aryl methyl sites for hydroxylation is 1. The highest BCUT2D eigenvalue weighted by atomic mass is 35.5. The van der Waals surface area contributed by atoms with Gasteiger partial charge in [-0.1, -0.05) is 17.7 Å². The summed E-state index contributed by atoms with van der Waals surface area (Å²) in [7, 11) is 0. The molecule has 0 aliphatic heterocycles. The van der Waals surface area contributed by atoms with E-state index in [1.54, 1.807) is 30.0 Å². The van der Waals surface area contributed by atoms with E-state index in [1.807, 2.05) is 13.0 Å². The zero-order chi connectivity index (χ0) is 13.1. The lowest BCUT2D eigenvalue weighted by Crippen LogP contribution is -1.91. The zero-order valence-electron chi connectivity index (χ0n) is 9.91. The van der Waals surface area contributed by atoms with Crippen LogP contribution in [0.25, 0.3) is 0 Å². The van der Waals surface area contributed by atoms with Crippen molar-refractivity contribution in [2.24, 2.45) is 0 Å². The molecule has 0 heterocycles. The Bertz CT molecular complexity index is 572. The Morgan fingerprint density at radius 1 is 1.22 bits per heavy atom. The minimum absolute atomic E-state index is 0.205. The predicted molar refractivity (Wildman–Crippen MR) is 76.6 cm³/mol. The molecule has 0 aromatic heterocycles. The van der Waals surface area contributed by atoms with Crippen LogP contribution in [0, 0.1) is 12.7 Å². The molecule has 0 saturated heterocycles. The van der Waals surface area contributed by atoms with E-state index in [1.165, 1.54) is 12.1 Å². The van der Waals surface area contributed by atoms with Crippen molar-refractivity contribution in [1.82, 2.24) is 0 Å². The van der Waals surface area contributed by atoms with Gasteiger partial charge in [0.2, 0.25) is 0 Å². The molecule has 0 aliphatic rings. The van der Waals surface area contributed by atoms with Crippen molar-refractivity contribution in [3.05, 3.63) is 58.4 Å². The van der Waals surface area contributed by atoms with Gasteiger partial charge >= 0.3 is 0 Å². The molecular formula is C14H13ClFNS. The molecule has 1 nitrogen and oxygen atoms in total. The summed E-state index contributed by atoms with van der Waals surface area (Å²) in [4.78, 5) is 0.950. The van der Waals surface area contributed by atoms with Crippen LogP contribution in [0.2, 0.25) is 5.02 Å². The van der Waals surface area contributed by atoms with Crippen molar-refractivity contribution < 1.29 is 4.39 Å². The lowest BCUT2D eigenvalue weighted by atomic mass is 10.1. The molecule has 94 valence electrons. The second kappa shape index (κ2) is 5.63. The van der Waals surface area contributed by atoms with Crippen LogP contribution < -0.4 is 5.73 Å². The van der Waals surface area contributed by atoms with Gasteiger partial charge in [0.1, 0.15) is 5.82 Å². The van der Waals surface area contributed by atoms with Crippen molar-refractivity contribution in [2.75, 3.05) is 5.73 Å². The molecule has 0 radical (unpaired) electrons. The van der Waals surface area contributed by atoms with Crippen LogP contribution in [0.4, 0.5) is 10.1 Å². The summed E-state index contributed by atoms with van der Waals surface area (Å²) in [6.07, 6.45) is 0. The normalized spacial score (nSPS) is 10.6. The molecule has 2 rings (SSSR count). The summed E-state index contributed by atoms with van der Waals surface area (Å²) in [6, 6.07) is 10.2. The Kier molecular flexibility index (Phi) is 4.15. The first-order valence-electron chi connectivity index (χ1n) is 5.49. The average molecular weight is 282 g/mol. The van der Waals surface area contributed by atoms with Gasteiger partial charge in [-0.15, -0.1) is 11.8 Å². The van der Waals surface area contributed by atoms with Crippen LogP contribution in [0.5, 0.6) is 0 Å². The van der Waals surface area contributed by atoms with Gasteiger partial charge in [0, 0.05) is 21.4 Å². The number of hydrogen-bond acceptors (Lipinski definition) is 2. The molecule has 0 bridgehead atoms. The quantitative estimate of drug-likeness (QED) is 0.654. The van der Waals surface area contributed by atoms with Crippen molar-refractivity contribution in [3.8, 4) is 0 Å². The molecular weight excluding hydrogens is 269 g/mol. The van der Waals surface area contributed by atoms with Crippen LogP contribution in [-0.2, 0) is 5.75 Å². The van der Waals surface area contributed by atoms with Gasteiger partial charge in [-0.2, -0.15) is 0 Å². The summed E-state index contributed by atoms with van der Waals surface area (Å²) in [5, 5.41) is 0.669. The third-order valence-corrected chi connectivity index (χ3v) is 4.02. The molecule has 2 aromatic carbocycles. The number of thioether (sulfide) groups is 1. The topological polar surface area (TPSA) is 26.0 Å². The highest BCUT2D eigenvalue weighted by molar-refractivity contribution is 7.98. The number of hydrogen-bond donors (Lipinski definition) is 1. The molecule has 0 aliphatic carbocycles. The Morgan fingerprint density at radius 2 is 2.00 bits per heavy atom. The maximum Gasteiger partial charge on any atom is 0.123 e. The van der Waals surface area contributed by atoms with E-state index in [0.717, 1.165) is 21.8 Å². The maximum atomic E-state index is 13.0. The van der Waals surface area contributed by atoms with Crippen molar-refractivity contribution in [3.63, 3.8) is 0 Å². The van der Waals surface area contributed by atoms with Crippen LogP contribution in [0.15, 0.2) is 41.3 Å². The monoisotopic (exact) mass is 281 g/mol. The largest absolute Gasteiger partial charge is 0.398 e. The fraction of sp³-hybridized carbons (Fsp3) is 0.143. The summed E-state index contributed by atoms with van der Waals surface area (Å²) < 4.78 is 13.0. The first-order valence-corrected chi connectivity index (χ1v) is 6.85. The van der Waals surface area contributed by atoms with Crippen LogP contribution in [0.3, 0.4) is 0 Å². The summed E-state index contributed by atoms with van der Waals surface area (Å²) in [5.74, 6) is 0.542. The lowest BCUT2D eigenvalue weighted by Gasteiger charge is -2.08.